The van der Waals surface area contributed by atoms with E-state index in [-0.39, 0.29) is 0 Å². The third-order valence-corrected chi connectivity index (χ3v) is 1.99. The molecule has 15 heavy (non-hydrogen) atoms. The standard InChI is InChI=1S/C10H12F2.C3H8/c1-3-7-5-8(11)6-10(12)9(7)4-2;1-3-2/h5-6H,3-4H2,1-2H3;3H2,1-2H3. The molecule has 0 aliphatic carbocycles. The van der Waals surface area contributed by atoms with Gasteiger partial charge in [-0.05, 0) is 30.0 Å². The average molecular weight is 214 g/mol. The van der Waals surface area contributed by atoms with Crippen LogP contribution in [0.25, 0.3) is 0 Å². The summed E-state index contributed by atoms with van der Waals surface area (Å²) in [6.07, 6.45) is 2.55. The molecule has 0 atom stereocenters. The predicted octanol–water partition coefficient (Wildman–Crippen LogP) is 4.51. The van der Waals surface area contributed by atoms with Gasteiger partial charge in [0.05, 0.1) is 0 Å². The Bertz CT molecular complexity index is 293. The van der Waals surface area contributed by atoms with E-state index in [1.54, 1.807) is 0 Å². The van der Waals surface area contributed by atoms with Crippen molar-refractivity contribution in [3.63, 3.8) is 0 Å². The molecule has 0 heterocycles. The summed E-state index contributed by atoms with van der Waals surface area (Å²) < 4.78 is 25.7. The summed E-state index contributed by atoms with van der Waals surface area (Å²) in [6, 6.07) is 2.35. The maximum Gasteiger partial charge on any atom is 0.129 e. The molecule has 1 rings (SSSR count). The van der Waals surface area contributed by atoms with Crippen LogP contribution in [-0.2, 0) is 12.8 Å². The molecule has 0 radical (unpaired) electrons. The van der Waals surface area contributed by atoms with Gasteiger partial charge in [0.2, 0.25) is 0 Å². The van der Waals surface area contributed by atoms with Crippen molar-refractivity contribution in [1.82, 2.24) is 0 Å². The van der Waals surface area contributed by atoms with Gasteiger partial charge < -0.3 is 0 Å². The lowest BCUT2D eigenvalue weighted by molar-refractivity contribution is 0.569. The fourth-order valence-corrected chi connectivity index (χ4v) is 1.37. The van der Waals surface area contributed by atoms with Crippen LogP contribution in [0.3, 0.4) is 0 Å². The van der Waals surface area contributed by atoms with Gasteiger partial charge in [-0.2, -0.15) is 0 Å². The van der Waals surface area contributed by atoms with Crippen LogP contribution in [0, 0.1) is 11.6 Å². The van der Waals surface area contributed by atoms with Gasteiger partial charge in [0.15, 0.2) is 0 Å². The third-order valence-electron chi connectivity index (χ3n) is 1.99. The molecule has 0 spiro atoms. The molecule has 0 nitrogen and oxygen atoms in total. The highest BCUT2D eigenvalue weighted by molar-refractivity contribution is 5.29. The predicted molar refractivity (Wildman–Crippen MR) is 61.1 cm³/mol. The van der Waals surface area contributed by atoms with E-state index in [1.807, 2.05) is 13.8 Å². The van der Waals surface area contributed by atoms with Crippen LogP contribution in [0.1, 0.15) is 45.2 Å². The van der Waals surface area contributed by atoms with Crippen LogP contribution in [0.2, 0.25) is 0 Å². The molecule has 0 fully saturated rings. The number of halogens is 2. The summed E-state index contributed by atoms with van der Waals surface area (Å²) in [6.45, 7) is 8.02. The second kappa shape index (κ2) is 7.38. The van der Waals surface area contributed by atoms with E-state index in [1.165, 1.54) is 12.5 Å². The summed E-state index contributed by atoms with van der Waals surface area (Å²) in [5.74, 6) is -0.907. The first-order valence-corrected chi connectivity index (χ1v) is 5.57. The maximum atomic E-state index is 13.1. The maximum absolute atomic E-state index is 13.1. The van der Waals surface area contributed by atoms with Gasteiger partial charge in [-0.1, -0.05) is 34.1 Å². The van der Waals surface area contributed by atoms with Gasteiger partial charge in [0.1, 0.15) is 11.6 Å². The van der Waals surface area contributed by atoms with Crippen LogP contribution in [0.4, 0.5) is 8.78 Å². The van der Waals surface area contributed by atoms with Crippen molar-refractivity contribution in [2.75, 3.05) is 0 Å². The zero-order valence-electron chi connectivity index (χ0n) is 10.0. The van der Waals surface area contributed by atoms with E-state index in [0.29, 0.717) is 18.4 Å². The lowest BCUT2D eigenvalue weighted by Gasteiger charge is -2.06. The van der Waals surface area contributed by atoms with Gasteiger partial charge in [0.25, 0.3) is 0 Å². The fraction of sp³-hybridized carbons (Fsp3) is 0.538. The van der Waals surface area contributed by atoms with Crippen LogP contribution in [0.5, 0.6) is 0 Å². The number of hydrogen-bond acceptors (Lipinski definition) is 0. The van der Waals surface area contributed by atoms with Crippen LogP contribution in [0.15, 0.2) is 12.1 Å². The second-order valence-corrected chi connectivity index (χ2v) is 3.44. The summed E-state index contributed by atoms with van der Waals surface area (Å²) in [7, 11) is 0. The highest BCUT2D eigenvalue weighted by Crippen LogP contribution is 2.16. The van der Waals surface area contributed by atoms with E-state index < -0.39 is 11.6 Å². The molecule has 0 saturated heterocycles. The zero-order chi connectivity index (χ0) is 11.8. The Balaban J connectivity index is 0.000000583. The number of hydrogen-bond donors (Lipinski definition) is 0. The highest BCUT2D eigenvalue weighted by atomic mass is 19.1. The lowest BCUT2D eigenvalue weighted by Crippen LogP contribution is -1.97. The SMILES string of the molecule is CCC.CCc1cc(F)cc(F)c1CC. The van der Waals surface area contributed by atoms with Crippen molar-refractivity contribution in [3.05, 3.63) is 34.9 Å². The summed E-state index contributed by atoms with van der Waals surface area (Å²) >= 11 is 0. The Labute approximate surface area is 91.3 Å². The van der Waals surface area contributed by atoms with E-state index in [9.17, 15) is 8.78 Å². The Morgan fingerprint density at radius 1 is 0.933 bits per heavy atom. The van der Waals surface area contributed by atoms with Crippen LogP contribution in [-0.4, -0.2) is 0 Å². The number of benzene rings is 1. The van der Waals surface area contributed by atoms with Crippen molar-refractivity contribution >= 4 is 0 Å². The Morgan fingerprint density at radius 3 is 1.87 bits per heavy atom. The Hall–Kier alpha value is -0.920. The Morgan fingerprint density at radius 2 is 1.47 bits per heavy atom. The second-order valence-electron chi connectivity index (χ2n) is 3.44. The minimum absolute atomic E-state index is 0.422. The normalized spacial score (nSPS) is 9.47. The van der Waals surface area contributed by atoms with E-state index in [4.69, 9.17) is 0 Å². The van der Waals surface area contributed by atoms with Crippen molar-refractivity contribution in [3.8, 4) is 0 Å². The fourth-order valence-electron chi connectivity index (χ4n) is 1.37. The molecule has 0 amide bonds. The van der Waals surface area contributed by atoms with Crippen LogP contribution < -0.4 is 0 Å². The first kappa shape index (κ1) is 14.1. The van der Waals surface area contributed by atoms with Crippen molar-refractivity contribution < 1.29 is 8.78 Å². The molecule has 0 aromatic heterocycles. The molecule has 0 aliphatic rings. The van der Waals surface area contributed by atoms with Crippen LogP contribution >= 0.6 is 0 Å². The smallest absolute Gasteiger partial charge is 0.129 e. The minimum atomic E-state index is -0.485. The molecule has 1 aromatic rings. The first-order valence-electron chi connectivity index (χ1n) is 5.57. The minimum Gasteiger partial charge on any atom is -0.207 e. The van der Waals surface area contributed by atoms with E-state index in [0.717, 1.165) is 11.6 Å². The first-order chi connectivity index (χ1) is 7.10. The van der Waals surface area contributed by atoms with Crippen molar-refractivity contribution in [1.29, 1.82) is 0 Å². The highest BCUT2D eigenvalue weighted by Gasteiger charge is 2.07. The molecule has 0 unspecified atom stereocenters. The topological polar surface area (TPSA) is 0 Å². The van der Waals surface area contributed by atoms with Gasteiger partial charge >= 0.3 is 0 Å². The Kier molecular flexibility index (Phi) is 6.93. The molecule has 1 aromatic carbocycles. The largest absolute Gasteiger partial charge is 0.207 e. The summed E-state index contributed by atoms with van der Waals surface area (Å²) in [4.78, 5) is 0. The molecule has 0 saturated carbocycles. The monoisotopic (exact) mass is 214 g/mol. The molecule has 0 aliphatic heterocycles. The lowest BCUT2D eigenvalue weighted by atomic mass is 10.0. The molecule has 86 valence electrons. The van der Waals surface area contributed by atoms with Crippen molar-refractivity contribution in [2.24, 2.45) is 0 Å². The molecule has 0 N–H and O–H groups in total. The average Bonchev–Trinajstić information content (AvgIpc) is 2.17. The zero-order valence-corrected chi connectivity index (χ0v) is 10.0. The molecule has 0 bridgehead atoms. The molecule has 2 heteroatoms. The van der Waals surface area contributed by atoms with Gasteiger partial charge in [-0.3, -0.25) is 0 Å². The van der Waals surface area contributed by atoms with E-state index in [2.05, 4.69) is 13.8 Å². The third kappa shape index (κ3) is 4.41. The van der Waals surface area contributed by atoms with E-state index >= 15 is 0 Å². The van der Waals surface area contributed by atoms with Gasteiger partial charge in [-0.15, -0.1) is 0 Å². The summed E-state index contributed by atoms with van der Waals surface area (Å²) in [5, 5.41) is 0. The molecular weight excluding hydrogens is 194 g/mol. The van der Waals surface area contributed by atoms with Crippen molar-refractivity contribution in [2.45, 2.75) is 47.0 Å². The summed E-state index contributed by atoms with van der Waals surface area (Å²) in [5.41, 5.74) is 1.41. The number of rotatable bonds is 2. The van der Waals surface area contributed by atoms with Gasteiger partial charge in [-0.25, -0.2) is 8.78 Å². The number of aryl methyl sites for hydroxylation is 1. The quantitative estimate of drug-likeness (QED) is 0.679. The van der Waals surface area contributed by atoms with Gasteiger partial charge in [0, 0.05) is 6.07 Å². The molecular formula is C13H20F2.